The molecule has 16 heavy (non-hydrogen) atoms. The highest BCUT2D eigenvalue weighted by molar-refractivity contribution is 4.72. The van der Waals surface area contributed by atoms with Crippen molar-refractivity contribution >= 4 is 0 Å². The fraction of sp³-hybridized carbons (Fsp3) is 1.00. The van der Waals surface area contributed by atoms with E-state index < -0.39 is 6.29 Å². The van der Waals surface area contributed by atoms with Gasteiger partial charge >= 0.3 is 0 Å². The van der Waals surface area contributed by atoms with E-state index in [9.17, 15) is 5.11 Å². The van der Waals surface area contributed by atoms with Crippen molar-refractivity contribution in [1.29, 1.82) is 0 Å². The Balaban J connectivity index is 2.33. The summed E-state index contributed by atoms with van der Waals surface area (Å²) in [6, 6.07) is 0. The van der Waals surface area contributed by atoms with Crippen LogP contribution in [0.2, 0.25) is 0 Å². The van der Waals surface area contributed by atoms with E-state index in [1.165, 1.54) is 0 Å². The monoisotopic (exact) mass is 230 g/mol. The van der Waals surface area contributed by atoms with Crippen LogP contribution in [0.1, 0.15) is 59.3 Å². The maximum atomic E-state index is 10.1. The third kappa shape index (κ3) is 4.40. The molecule has 1 saturated heterocycles. The van der Waals surface area contributed by atoms with Crippen molar-refractivity contribution < 1.29 is 14.6 Å². The van der Waals surface area contributed by atoms with Gasteiger partial charge in [0, 0.05) is 12.0 Å². The second-order valence-electron chi connectivity index (χ2n) is 5.38. The van der Waals surface area contributed by atoms with Gasteiger partial charge in [0.2, 0.25) is 0 Å². The molecular weight excluding hydrogens is 204 g/mol. The standard InChI is InChI=1S/C13H26O3/c1-4-5-9-13(2,3)12(14)16-11-8-6-7-10-15-11/h11-12,14H,4-10H2,1-3H3/t11-,12?/m0/s1. The van der Waals surface area contributed by atoms with E-state index in [1.807, 2.05) is 0 Å². The first-order chi connectivity index (χ1) is 7.56. The van der Waals surface area contributed by atoms with E-state index in [4.69, 9.17) is 9.47 Å². The summed E-state index contributed by atoms with van der Waals surface area (Å²) in [4.78, 5) is 0. The third-order valence-corrected chi connectivity index (χ3v) is 3.26. The molecule has 0 saturated carbocycles. The molecule has 0 amide bonds. The minimum atomic E-state index is -0.720. The fourth-order valence-corrected chi connectivity index (χ4v) is 1.90. The number of unbranched alkanes of at least 4 members (excludes halogenated alkanes) is 1. The smallest absolute Gasteiger partial charge is 0.162 e. The second kappa shape index (κ2) is 6.58. The summed E-state index contributed by atoms with van der Waals surface area (Å²) in [5, 5.41) is 10.1. The summed E-state index contributed by atoms with van der Waals surface area (Å²) < 4.78 is 11.1. The van der Waals surface area contributed by atoms with Crippen LogP contribution in [0, 0.1) is 5.41 Å². The Morgan fingerprint density at radius 2 is 2.19 bits per heavy atom. The lowest BCUT2D eigenvalue weighted by atomic mass is 9.86. The summed E-state index contributed by atoms with van der Waals surface area (Å²) >= 11 is 0. The summed E-state index contributed by atoms with van der Waals surface area (Å²) in [7, 11) is 0. The van der Waals surface area contributed by atoms with Crippen molar-refractivity contribution in [1.82, 2.24) is 0 Å². The summed E-state index contributed by atoms with van der Waals surface area (Å²) in [6.07, 6.45) is 5.47. The van der Waals surface area contributed by atoms with Crippen LogP contribution < -0.4 is 0 Å². The molecule has 0 aromatic heterocycles. The van der Waals surface area contributed by atoms with Gasteiger partial charge in [-0.05, 0) is 25.7 Å². The maximum Gasteiger partial charge on any atom is 0.162 e. The molecule has 0 spiro atoms. The van der Waals surface area contributed by atoms with E-state index >= 15 is 0 Å². The molecule has 1 N–H and O–H groups in total. The molecule has 1 aliphatic heterocycles. The molecule has 3 heteroatoms. The van der Waals surface area contributed by atoms with Gasteiger partial charge < -0.3 is 14.6 Å². The van der Waals surface area contributed by atoms with Gasteiger partial charge in [-0.1, -0.05) is 33.6 Å². The van der Waals surface area contributed by atoms with Crippen LogP contribution in [-0.2, 0) is 9.47 Å². The van der Waals surface area contributed by atoms with E-state index in [0.29, 0.717) is 0 Å². The number of hydrogen-bond donors (Lipinski definition) is 1. The molecule has 0 aromatic rings. The zero-order valence-electron chi connectivity index (χ0n) is 10.9. The first-order valence-electron chi connectivity index (χ1n) is 6.51. The van der Waals surface area contributed by atoms with Crippen LogP contribution in [0.5, 0.6) is 0 Å². The minimum Gasteiger partial charge on any atom is -0.367 e. The molecule has 2 atom stereocenters. The van der Waals surface area contributed by atoms with Gasteiger partial charge in [0.15, 0.2) is 12.6 Å². The van der Waals surface area contributed by atoms with E-state index in [1.54, 1.807) is 0 Å². The Morgan fingerprint density at radius 1 is 1.44 bits per heavy atom. The zero-order chi connectivity index (χ0) is 12.0. The summed E-state index contributed by atoms with van der Waals surface area (Å²) in [5.41, 5.74) is -0.184. The van der Waals surface area contributed by atoms with Crippen LogP contribution in [0.25, 0.3) is 0 Å². The lowest BCUT2D eigenvalue weighted by molar-refractivity contribution is -0.271. The number of ether oxygens (including phenoxy) is 2. The van der Waals surface area contributed by atoms with Crippen LogP contribution >= 0.6 is 0 Å². The molecule has 1 fully saturated rings. The first-order valence-corrected chi connectivity index (χ1v) is 6.51. The fourth-order valence-electron chi connectivity index (χ4n) is 1.90. The lowest BCUT2D eigenvalue weighted by Crippen LogP contribution is -2.37. The first kappa shape index (κ1) is 13.9. The van der Waals surface area contributed by atoms with Crippen molar-refractivity contribution in [2.45, 2.75) is 71.9 Å². The van der Waals surface area contributed by atoms with Crippen LogP contribution in [0.15, 0.2) is 0 Å². The zero-order valence-corrected chi connectivity index (χ0v) is 10.9. The molecule has 0 aromatic carbocycles. The molecule has 1 rings (SSSR count). The molecule has 1 aliphatic rings. The maximum absolute atomic E-state index is 10.1. The number of aliphatic hydroxyl groups is 1. The Labute approximate surface area is 99.1 Å². The Hall–Kier alpha value is -0.120. The average molecular weight is 230 g/mol. The third-order valence-electron chi connectivity index (χ3n) is 3.26. The normalized spacial score (nSPS) is 24.4. The minimum absolute atomic E-state index is 0.184. The second-order valence-corrected chi connectivity index (χ2v) is 5.38. The van der Waals surface area contributed by atoms with Crippen molar-refractivity contribution in [3.8, 4) is 0 Å². The van der Waals surface area contributed by atoms with Crippen LogP contribution in [-0.4, -0.2) is 24.3 Å². The van der Waals surface area contributed by atoms with E-state index in [0.717, 1.165) is 45.1 Å². The van der Waals surface area contributed by atoms with Crippen LogP contribution in [0.3, 0.4) is 0 Å². The topological polar surface area (TPSA) is 38.7 Å². The van der Waals surface area contributed by atoms with Gasteiger partial charge in [-0.3, -0.25) is 0 Å². The number of hydrogen-bond acceptors (Lipinski definition) is 3. The molecular formula is C13H26O3. The number of rotatable bonds is 6. The average Bonchev–Trinajstić information content (AvgIpc) is 2.28. The largest absolute Gasteiger partial charge is 0.367 e. The Bertz CT molecular complexity index is 186. The van der Waals surface area contributed by atoms with Crippen molar-refractivity contribution in [2.75, 3.05) is 6.61 Å². The van der Waals surface area contributed by atoms with Gasteiger partial charge in [0.1, 0.15) is 0 Å². The summed E-state index contributed by atoms with van der Waals surface area (Å²) in [5.74, 6) is 0. The van der Waals surface area contributed by atoms with Gasteiger partial charge in [-0.25, -0.2) is 0 Å². The molecule has 1 unspecified atom stereocenters. The number of aliphatic hydroxyl groups excluding tert-OH is 1. The highest BCUT2D eigenvalue weighted by Gasteiger charge is 2.31. The molecule has 96 valence electrons. The molecule has 0 radical (unpaired) electrons. The molecule has 1 heterocycles. The summed E-state index contributed by atoms with van der Waals surface area (Å²) in [6.45, 7) is 7.02. The molecule has 0 aliphatic carbocycles. The molecule has 0 bridgehead atoms. The van der Waals surface area contributed by atoms with E-state index in [-0.39, 0.29) is 11.7 Å². The van der Waals surface area contributed by atoms with Gasteiger partial charge in [0.05, 0.1) is 0 Å². The van der Waals surface area contributed by atoms with Crippen molar-refractivity contribution in [3.05, 3.63) is 0 Å². The highest BCUT2D eigenvalue weighted by atomic mass is 16.7. The Morgan fingerprint density at radius 3 is 2.75 bits per heavy atom. The Kier molecular flexibility index (Phi) is 5.73. The van der Waals surface area contributed by atoms with Gasteiger partial charge in [-0.2, -0.15) is 0 Å². The lowest BCUT2D eigenvalue weighted by Gasteiger charge is -2.34. The molecule has 3 nitrogen and oxygen atoms in total. The van der Waals surface area contributed by atoms with Gasteiger partial charge in [0.25, 0.3) is 0 Å². The predicted octanol–water partition coefficient (Wildman–Crippen LogP) is 3.06. The van der Waals surface area contributed by atoms with Crippen molar-refractivity contribution in [2.24, 2.45) is 5.41 Å². The SMILES string of the molecule is CCCCC(C)(C)C(O)O[C@H]1CCCCO1. The van der Waals surface area contributed by atoms with E-state index in [2.05, 4.69) is 20.8 Å². The van der Waals surface area contributed by atoms with Gasteiger partial charge in [-0.15, -0.1) is 0 Å². The van der Waals surface area contributed by atoms with Crippen LogP contribution in [0.4, 0.5) is 0 Å². The predicted molar refractivity (Wildman–Crippen MR) is 64.0 cm³/mol. The highest BCUT2D eigenvalue weighted by Crippen LogP contribution is 2.30. The quantitative estimate of drug-likeness (QED) is 0.713. The van der Waals surface area contributed by atoms with Crippen molar-refractivity contribution in [3.63, 3.8) is 0 Å².